The van der Waals surface area contributed by atoms with Crippen molar-refractivity contribution in [2.45, 2.75) is 46.3 Å². The maximum absolute atomic E-state index is 12.7. The first-order valence-electron chi connectivity index (χ1n) is 18.7. The Bertz CT molecular complexity index is 2480. The maximum Gasteiger partial charge on any atom is 0.309 e. The van der Waals surface area contributed by atoms with Crippen LogP contribution in [-0.2, 0) is 22.4 Å². The van der Waals surface area contributed by atoms with Crippen molar-refractivity contribution in [2.75, 3.05) is 6.54 Å². The Morgan fingerprint density at radius 3 is 1.40 bits per heavy atom. The highest BCUT2D eigenvalue weighted by Crippen LogP contribution is 2.32. The summed E-state index contributed by atoms with van der Waals surface area (Å²) in [5.41, 5.74) is 5.96. The van der Waals surface area contributed by atoms with Gasteiger partial charge in [-0.1, -0.05) is 129 Å². The predicted octanol–water partition coefficient (Wildman–Crippen LogP) is 7.87. The molecule has 308 valence electrons. The number of aliphatic hydroxyl groups excluding tert-OH is 2. The highest BCUT2D eigenvalue weighted by Gasteiger charge is 2.26. The van der Waals surface area contributed by atoms with Gasteiger partial charge in [0.1, 0.15) is 0 Å². The number of hydrazine groups is 1. The molecular weight excluding hydrogens is 759 g/mol. The van der Waals surface area contributed by atoms with E-state index in [-0.39, 0.29) is 38.0 Å². The van der Waals surface area contributed by atoms with E-state index in [2.05, 4.69) is 15.0 Å². The van der Waals surface area contributed by atoms with E-state index in [1.807, 2.05) is 72.2 Å². The molecule has 7 N–H and O–H groups in total. The van der Waals surface area contributed by atoms with Crippen LogP contribution in [0.5, 0.6) is 0 Å². The number of aliphatic hydroxyl groups is 2. The highest BCUT2D eigenvalue weighted by molar-refractivity contribution is 6.00. The minimum Gasteiger partial charge on any atom is -0.481 e. The van der Waals surface area contributed by atoms with Crippen molar-refractivity contribution in [3.63, 3.8) is 0 Å². The number of benzene rings is 6. The number of carboxylic acid groups (broad SMARTS) is 1. The first kappa shape index (κ1) is 47.2. The Labute approximate surface area is 349 Å². The molecule has 0 saturated heterocycles. The monoisotopic (exact) mass is 807 g/mol. The van der Waals surface area contributed by atoms with Crippen molar-refractivity contribution in [3.05, 3.63) is 179 Å². The molecule has 6 aromatic rings. The molecule has 4 atom stereocenters. The van der Waals surface area contributed by atoms with Gasteiger partial charge in [-0.25, -0.2) is 15.5 Å². The molecule has 0 radical (unpaired) electrons. The van der Waals surface area contributed by atoms with E-state index in [9.17, 15) is 29.4 Å². The van der Waals surface area contributed by atoms with E-state index >= 15 is 0 Å². The van der Waals surface area contributed by atoms with Crippen LogP contribution in [0.25, 0.3) is 31.2 Å². The van der Waals surface area contributed by atoms with Crippen molar-refractivity contribution >= 4 is 56.5 Å². The van der Waals surface area contributed by atoms with Gasteiger partial charge < -0.3 is 20.6 Å². The molecule has 0 bridgehead atoms. The molecule has 6 rings (SSSR count). The number of carboxylic acids is 1. The number of carbonyl (C=O) groups is 4. The summed E-state index contributed by atoms with van der Waals surface area (Å²) in [4.78, 5) is 53.9. The molecule has 2 amide bonds. The fourth-order valence-electron chi connectivity index (χ4n) is 6.36. The second-order valence-corrected chi connectivity index (χ2v) is 13.6. The van der Waals surface area contributed by atoms with E-state index in [4.69, 9.17) is 24.1 Å². The largest absolute Gasteiger partial charge is 0.481 e. The van der Waals surface area contributed by atoms with Gasteiger partial charge in [-0.3, -0.25) is 24.6 Å². The van der Waals surface area contributed by atoms with Crippen molar-refractivity contribution in [2.24, 2.45) is 17.7 Å². The minimum absolute atomic E-state index is 0. The molecule has 0 fully saturated rings. The molecule has 12 nitrogen and oxygen atoms in total. The Kier molecular flexibility index (Phi) is 18.3. The van der Waals surface area contributed by atoms with Crippen LogP contribution >= 0.6 is 0 Å². The lowest BCUT2D eigenvalue weighted by Crippen LogP contribution is -2.40. The summed E-state index contributed by atoms with van der Waals surface area (Å²) in [5, 5.41) is 35.0. The molecule has 0 spiro atoms. The number of nitrogens with one attached hydrogen (secondary N) is 2. The van der Waals surface area contributed by atoms with Gasteiger partial charge in [-0.2, -0.15) is 0 Å². The Balaban J connectivity index is 0.000000267. The van der Waals surface area contributed by atoms with Gasteiger partial charge in [0.2, 0.25) is 5.91 Å². The molecule has 0 heterocycles. The summed E-state index contributed by atoms with van der Waals surface area (Å²) in [6.07, 6.45) is -1.26. The van der Waals surface area contributed by atoms with E-state index < -0.39 is 30.0 Å². The second kappa shape index (κ2) is 23.3. The standard InChI is InChI=1S/C24H22N2O3.C16H15NO3.C7H8N2O.CH4/c1-16(27)21(24(29)26-15-23(28)17-8-4-3-5-9-17)14-18-12-13-22(25-2)20-11-7-6-10-19(18)20;1-10(18)14(16(19)20)9-11-7-8-15(17-2)13-6-4-3-5-12(11)13;8-9-7(10)6-4-2-1-3-5-6;/h3-13,16,21,27H,14-15H2,1H3,(H,26,29);3-8,10,14,18H,9H2,1H3,(H,19,20);1-5H,8H2,(H,9,10);1H4/t16-,21-;10-,14-;;/m11../s1. The minimum atomic E-state index is -1.02. The topological polar surface area (TPSA) is 188 Å². The van der Waals surface area contributed by atoms with Gasteiger partial charge in [0.25, 0.3) is 5.91 Å². The number of fused-ring (bicyclic) bond motifs is 2. The highest BCUT2D eigenvalue weighted by atomic mass is 16.4. The first-order valence-corrected chi connectivity index (χ1v) is 18.7. The molecule has 12 heteroatoms. The lowest BCUT2D eigenvalue weighted by molar-refractivity contribution is -0.145. The molecular formula is C48H49N5O7. The van der Waals surface area contributed by atoms with Crippen molar-refractivity contribution < 1.29 is 34.5 Å². The van der Waals surface area contributed by atoms with Crippen molar-refractivity contribution in [1.82, 2.24) is 10.7 Å². The predicted molar refractivity (Wildman–Crippen MR) is 234 cm³/mol. The number of nitrogen functional groups attached to an aromatic ring is 1. The number of hydrogen-bond acceptors (Lipinski definition) is 7. The average Bonchev–Trinajstić information content (AvgIpc) is 3.26. The molecule has 0 aromatic heterocycles. The molecule has 0 unspecified atom stereocenters. The van der Waals surface area contributed by atoms with E-state index in [0.717, 1.165) is 32.7 Å². The van der Waals surface area contributed by atoms with Crippen molar-refractivity contribution in [1.29, 1.82) is 0 Å². The number of aliphatic carboxylic acids is 1. The van der Waals surface area contributed by atoms with Crippen LogP contribution in [0.15, 0.2) is 133 Å². The lowest BCUT2D eigenvalue weighted by atomic mass is 9.90. The third kappa shape index (κ3) is 12.6. The Morgan fingerprint density at radius 1 is 0.600 bits per heavy atom. The van der Waals surface area contributed by atoms with Crippen LogP contribution in [0.3, 0.4) is 0 Å². The number of ketones is 1. The average molecular weight is 808 g/mol. The maximum atomic E-state index is 12.7. The van der Waals surface area contributed by atoms with Gasteiger partial charge in [0.15, 0.2) is 17.2 Å². The SMILES string of the molecule is C.NNC(=O)c1ccccc1.[C-]#[N+]c1ccc(C[C@@H](C(=O)NCC(=O)c2ccccc2)[C@@H](C)O)c2ccccc12.[C-]#[N+]c1ccc(C[C@@H](C(=O)O)[C@@H](C)O)c2ccccc12. The zero-order chi connectivity index (χ0) is 42.9. The van der Waals surface area contributed by atoms with Crippen LogP contribution in [-0.4, -0.2) is 57.6 Å². The van der Waals surface area contributed by atoms with E-state index in [1.165, 1.54) is 6.92 Å². The van der Waals surface area contributed by atoms with E-state index in [1.54, 1.807) is 73.7 Å². The second-order valence-electron chi connectivity index (χ2n) is 13.6. The summed E-state index contributed by atoms with van der Waals surface area (Å²) < 4.78 is 0. The van der Waals surface area contributed by atoms with Gasteiger partial charge in [-0.15, -0.1) is 0 Å². The van der Waals surface area contributed by atoms with Crippen LogP contribution in [0.4, 0.5) is 11.4 Å². The number of hydrogen-bond donors (Lipinski definition) is 6. The summed E-state index contributed by atoms with van der Waals surface area (Å²) in [6.45, 7) is 17.4. The summed E-state index contributed by atoms with van der Waals surface area (Å²) in [7, 11) is 0. The summed E-state index contributed by atoms with van der Waals surface area (Å²) >= 11 is 0. The molecule has 0 aliphatic rings. The molecule has 0 aliphatic heterocycles. The van der Waals surface area contributed by atoms with Crippen LogP contribution in [0, 0.1) is 25.0 Å². The number of nitrogens with two attached hydrogens (primary N) is 1. The molecule has 6 aromatic carbocycles. The zero-order valence-corrected chi connectivity index (χ0v) is 32.6. The van der Waals surface area contributed by atoms with Crippen LogP contribution < -0.4 is 16.6 Å². The third-order valence-electron chi connectivity index (χ3n) is 9.61. The number of carbonyl (C=O) groups excluding carboxylic acids is 3. The van der Waals surface area contributed by atoms with E-state index in [0.29, 0.717) is 28.9 Å². The number of Topliss-reactive ketones (excluding diaryl/α,β-unsaturated/α-hetero) is 1. The Hall–Kier alpha value is -7.22. The lowest BCUT2D eigenvalue weighted by Gasteiger charge is -2.20. The van der Waals surface area contributed by atoms with Gasteiger partial charge >= 0.3 is 5.97 Å². The van der Waals surface area contributed by atoms with Gasteiger partial charge in [0, 0.05) is 11.1 Å². The molecule has 60 heavy (non-hydrogen) atoms. The first-order chi connectivity index (χ1) is 28.4. The normalized spacial score (nSPS) is 12.2. The fourth-order valence-corrected chi connectivity index (χ4v) is 6.36. The third-order valence-corrected chi connectivity index (χ3v) is 9.61. The fraction of sp³-hybridized carbons (Fsp3) is 0.208. The van der Waals surface area contributed by atoms with Crippen molar-refractivity contribution in [3.8, 4) is 0 Å². The number of amides is 2. The summed E-state index contributed by atoms with van der Waals surface area (Å²) in [6, 6.07) is 39.6. The van der Waals surface area contributed by atoms with Crippen LogP contribution in [0.2, 0.25) is 0 Å². The van der Waals surface area contributed by atoms with Crippen LogP contribution in [0.1, 0.15) is 53.1 Å². The number of rotatable bonds is 12. The van der Waals surface area contributed by atoms with Gasteiger partial charge in [-0.05, 0) is 71.5 Å². The molecule has 0 saturated carbocycles. The Morgan fingerprint density at radius 2 is 1.00 bits per heavy atom. The zero-order valence-electron chi connectivity index (χ0n) is 32.6. The smallest absolute Gasteiger partial charge is 0.309 e. The van der Waals surface area contributed by atoms with Gasteiger partial charge in [0.05, 0.1) is 43.7 Å². The number of nitrogens with zero attached hydrogens (tertiary/aromatic N) is 2. The molecule has 0 aliphatic carbocycles. The quantitative estimate of drug-likeness (QED) is 0.0237. The summed E-state index contributed by atoms with van der Waals surface area (Å²) in [5.74, 6) is 1.51.